The van der Waals surface area contributed by atoms with Gasteiger partial charge in [0.1, 0.15) is 11.4 Å². The summed E-state index contributed by atoms with van der Waals surface area (Å²) in [5, 5.41) is 0. The van der Waals surface area contributed by atoms with E-state index >= 15 is 0 Å². The normalized spacial score (nSPS) is 12.2. The van der Waals surface area contributed by atoms with Crippen molar-refractivity contribution in [2.75, 3.05) is 0 Å². The Morgan fingerprint density at radius 2 is 1.11 bits per heavy atom. The van der Waals surface area contributed by atoms with Crippen LogP contribution in [0.25, 0.3) is 44.5 Å². The van der Waals surface area contributed by atoms with Gasteiger partial charge in [-0.2, -0.15) is 0 Å². The molecule has 0 spiro atoms. The van der Waals surface area contributed by atoms with Gasteiger partial charge in [0.2, 0.25) is 0 Å². The molecule has 1 aliphatic rings. The average molecular weight is 467 g/mol. The third-order valence-corrected chi connectivity index (χ3v) is 6.82. The van der Waals surface area contributed by atoms with Gasteiger partial charge in [0, 0.05) is 0 Å². The minimum atomic E-state index is -0.229. The molecular formula is C35H30O. The second kappa shape index (κ2) is 8.84. The summed E-state index contributed by atoms with van der Waals surface area (Å²) in [6.07, 6.45) is 0.940. The molecule has 0 fully saturated rings. The van der Waals surface area contributed by atoms with Crippen molar-refractivity contribution in [2.45, 2.75) is 32.8 Å². The number of hydrogen-bond acceptors (Lipinski definition) is 1. The van der Waals surface area contributed by atoms with E-state index in [-0.39, 0.29) is 5.60 Å². The molecule has 5 aromatic carbocycles. The first kappa shape index (κ1) is 22.4. The van der Waals surface area contributed by atoms with Crippen LogP contribution in [0.4, 0.5) is 0 Å². The topological polar surface area (TPSA) is 9.23 Å². The molecule has 0 aliphatic heterocycles. The van der Waals surface area contributed by atoms with Crippen LogP contribution in [0.1, 0.15) is 31.9 Å². The minimum absolute atomic E-state index is 0.229. The Morgan fingerprint density at radius 1 is 0.528 bits per heavy atom. The zero-order valence-corrected chi connectivity index (χ0v) is 21.1. The lowest BCUT2D eigenvalue weighted by Gasteiger charge is -2.23. The van der Waals surface area contributed by atoms with E-state index in [1.165, 1.54) is 55.6 Å². The van der Waals surface area contributed by atoms with Crippen LogP contribution in [0, 0.1) is 0 Å². The zero-order chi connectivity index (χ0) is 24.7. The van der Waals surface area contributed by atoms with Gasteiger partial charge in [0.05, 0.1) is 0 Å². The fourth-order valence-corrected chi connectivity index (χ4v) is 5.39. The number of ether oxygens (including phenoxy) is 1. The summed E-state index contributed by atoms with van der Waals surface area (Å²) < 4.78 is 6.14. The van der Waals surface area contributed by atoms with Crippen molar-refractivity contribution >= 4 is 0 Å². The highest BCUT2D eigenvalue weighted by Gasteiger charge is 2.27. The van der Waals surface area contributed by atoms with Crippen molar-refractivity contribution in [2.24, 2.45) is 0 Å². The maximum atomic E-state index is 6.14. The molecule has 0 unspecified atom stereocenters. The van der Waals surface area contributed by atoms with Crippen molar-refractivity contribution in [3.8, 4) is 50.3 Å². The fourth-order valence-electron chi connectivity index (χ4n) is 5.39. The number of hydrogen-bond donors (Lipinski definition) is 0. The summed E-state index contributed by atoms with van der Waals surface area (Å²) in [6.45, 7) is 6.26. The van der Waals surface area contributed by atoms with E-state index in [9.17, 15) is 0 Å². The maximum Gasteiger partial charge on any atom is 0.120 e. The summed E-state index contributed by atoms with van der Waals surface area (Å²) in [7, 11) is 0. The standard InChI is InChI=1S/C35H30O/c1-35(2,3)36-28-20-18-26(19-21-28)34-32-22-27-16-10-11-17-29(27)31(32)23-30(24-12-6-4-7-13-24)33(34)25-14-8-5-9-15-25/h4-21,23H,22H2,1-3H3. The van der Waals surface area contributed by atoms with Gasteiger partial charge in [-0.15, -0.1) is 0 Å². The van der Waals surface area contributed by atoms with Gasteiger partial charge in [0.15, 0.2) is 0 Å². The lowest BCUT2D eigenvalue weighted by Crippen LogP contribution is -2.22. The Balaban J connectivity index is 1.66. The maximum absolute atomic E-state index is 6.14. The van der Waals surface area contributed by atoms with Crippen LogP contribution in [0.2, 0.25) is 0 Å². The molecule has 0 atom stereocenters. The van der Waals surface area contributed by atoms with Crippen molar-refractivity contribution in [3.63, 3.8) is 0 Å². The summed E-state index contributed by atoms with van der Waals surface area (Å²) in [4.78, 5) is 0. The quantitative estimate of drug-likeness (QED) is 0.251. The van der Waals surface area contributed by atoms with Crippen LogP contribution >= 0.6 is 0 Å². The molecule has 176 valence electrons. The summed E-state index contributed by atoms with van der Waals surface area (Å²) >= 11 is 0. The Bertz CT molecular complexity index is 1520. The molecule has 1 aliphatic carbocycles. The van der Waals surface area contributed by atoms with Crippen LogP contribution in [0.3, 0.4) is 0 Å². The molecule has 0 saturated carbocycles. The average Bonchev–Trinajstić information content (AvgIpc) is 3.27. The molecule has 6 rings (SSSR count). The highest BCUT2D eigenvalue weighted by molar-refractivity contribution is 6.01. The SMILES string of the molecule is CC(C)(C)Oc1ccc(-c2c3c(cc(-c4ccccc4)c2-c2ccccc2)-c2ccccc2C3)cc1. The van der Waals surface area contributed by atoms with Gasteiger partial charge in [0.25, 0.3) is 0 Å². The highest BCUT2D eigenvalue weighted by atomic mass is 16.5. The zero-order valence-electron chi connectivity index (χ0n) is 21.1. The first-order valence-electron chi connectivity index (χ1n) is 12.7. The summed E-state index contributed by atoms with van der Waals surface area (Å²) in [6, 6.07) is 41.5. The van der Waals surface area contributed by atoms with Gasteiger partial charge >= 0.3 is 0 Å². The lowest BCUT2D eigenvalue weighted by atomic mass is 9.82. The Hall–Kier alpha value is -4.10. The van der Waals surface area contributed by atoms with Gasteiger partial charge < -0.3 is 4.74 Å². The Morgan fingerprint density at radius 3 is 1.78 bits per heavy atom. The Labute approximate surface area is 214 Å². The molecule has 1 heteroatoms. The molecule has 36 heavy (non-hydrogen) atoms. The van der Waals surface area contributed by atoms with E-state index in [0.717, 1.165) is 12.2 Å². The number of rotatable bonds is 4. The molecule has 0 N–H and O–H groups in total. The predicted molar refractivity (Wildman–Crippen MR) is 151 cm³/mol. The molecule has 5 aromatic rings. The van der Waals surface area contributed by atoms with E-state index in [1.54, 1.807) is 0 Å². The van der Waals surface area contributed by atoms with Gasteiger partial charge in [-0.05, 0) is 101 Å². The molecule has 0 bridgehead atoms. The highest BCUT2D eigenvalue weighted by Crippen LogP contribution is 2.50. The van der Waals surface area contributed by atoms with Gasteiger partial charge in [-0.3, -0.25) is 0 Å². The summed E-state index contributed by atoms with van der Waals surface area (Å²) in [5.74, 6) is 0.895. The molecule has 0 amide bonds. The largest absolute Gasteiger partial charge is 0.488 e. The van der Waals surface area contributed by atoms with Crippen molar-refractivity contribution in [1.82, 2.24) is 0 Å². The van der Waals surface area contributed by atoms with Crippen molar-refractivity contribution < 1.29 is 4.74 Å². The van der Waals surface area contributed by atoms with E-state index in [4.69, 9.17) is 4.74 Å². The van der Waals surface area contributed by atoms with Crippen LogP contribution in [-0.2, 0) is 6.42 Å². The fraction of sp³-hybridized carbons (Fsp3) is 0.143. The second-order valence-corrected chi connectivity index (χ2v) is 10.5. The minimum Gasteiger partial charge on any atom is -0.488 e. The predicted octanol–water partition coefficient (Wildman–Crippen LogP) is 9.44. The number of fused-ring (bicyclic) bond motifs is 3. The third kappa shape index (κ3) is 4.12. The van der Waals surface area contributed by atoms with E-state index < -0.39 is 0 Å². The third-order valence-electron chi connectivity index (χ3n) is 6.82. The Kier molecular flexibility index (Phi) is 5.49. The first-order valence-corrected chi connectivity index (χ1v) is 12.7. The van der Waals surface area contributed by atoms with E-state index in [2.05, 4.69) is 136 Å². The molecular weight excluding hydrogens is 436 g/mol. The van der Waals surface area contributed by atoms with Crippen LogP contribution in [0.15, 0.2) is 115 Å². The van der Waals surface area contributed by atoms with Crippen LogP contribution in [-0.4, -0.2) is 5.60 Å². The van der Waals surface area contributed by atoms with E-state index in [0.29, 0.717) is 0 Å². The molecule has 1 nitrogen and oxygen atoms in total. The van der Waals surface area contributed by atoms with E-state index in [1.807, 2.05) is 0 Å². The molecule has 0 radical (unpaired) electrons. The lowest BCUT2D eigenvalue weighted by molar-refractivity contribution is 0.131. The smallest absolute Gasteiger partial charge is 0.120 e. The summed E-state index contributed by atoms with van der Waals surface area (Å²) in [5.41, 5.74) is 12.8. The molecule has 0 saturated heterocycles. The number of benzene rings is 5. The van der Waals surface area contributed by atoms with Crippen LogP contribution < -0.4 is 4.74 Å². The molecule has 0 heterocycles. The van der Waals surface area contributed by atoms with Crippen molar-refractivity contribution in [1.29, 1.82) is 0 Å². The monoisotopic (exact) mass is 466 g/mol. The molecule has 0 aromatic heterocycles. The van der Waals surface area contributed by atoms with Gasteiger partial charge in [-0.1, -0.05) is 97.1 Å². The van der Waals surface area contributed by atoms with Crippen LogP contribution in [0.5, 0.6) is 5.75 Å². The van der Waals surface area contributed by atoms with Crippen molar-refractivity contribution in [3.05, 3.63) is 126 Å². The second-order valence-electron chi connectivity index (χ2n) is 10.5. The van der Waals surface area contributed by atoms with Gasteiger partial charge in [-0.25, -0.2) is 0 Å². The first-order chi connectivity index (χ1) is 17.5.